The molecule has 0 spiro atoms. The number of amides is 1. The van der Waals surface area contributed by atoms with Gasteiger partial charge in [-0.3, -0.25) is 4.79 Å². The molecule has 15 atom stereocenters. The van der Waals surface area contributed by atoms with E-state index in [0.29, 0.717) is 0 Å². The molecule has 3 heterocycles. The molecule has 1 amide bonds. The lowest BCUT2D eigenvalue weighted by Crippen LogP contribution is -2.68. The summed E-state index contributed by atoms with van der Waals surface area (Å²) in [6, 6.07) is -1.41. The van der Waals surface area contributed by atoms with E-state index in [1.54, 1.807) is 0 Å². The van der Waals surface area contributed by atoms with Crippen LogP contribution in [0.5, 0.6) is 0 Å². The molecule has 3 fully saturated rings. The third-order valence-corrected chi connectivity index (χ3v) is 6.46. The van der Waals surface area contributed by atoms with E-state index in [1.165, 1.54) is 6.92 Å². The largest absolute Gasteiger partial charge is 0.394 e. The lowest BCUT2D eigenvalue weighted by molar-refractivity contribution is -0.379. The maximum absolute atomic E-state index is 11.7. The van der Waals surface area contributed by atoms with Crippen molar-refractivity contribution in [1.29, 1.82) is 0 Å². The molecule has 16 heteroatoms. The number of ether oxygens (including phenoxy) is 5. The van der Waals surface area contributed by atoms with Gasteiger partial charge < -0.3 is 75.0 Å². The first-order valence-corrected chi connectivity index (χ1v) is 11.4. The van der Waals surface area contributed by atoms with Gasteiger partial charge in [0, 0.05) is 6.92 Å². The number of aliphatic hydroxyl groups is 9. The van der Waals surface area contributed by atoms with E-state index >= 15 is 0 Å². The summed E-state index contributed by atoms with van der Waals surface area (Å²) in [5.74, 6) is -0.643. The standard InChI is InChI=1S/C20H35NO15/c1-5-10(25)16(15(30)18(31)32-5)35-20-17(14(29)12(27)8(4-23)34-20)36-19-9(21-6(2)24)13(28)11(26)7(3-22)33-19/h5,7-20,22-23,25-31H,3-4H2,1-2H3,(H,21,24)/t5-,7+,8+,9+,10-,11+,12+,13+,14-,15+,16+,17+,18+,19-,20+/m0/s1. The second-order valence-electron chi connectivity index (χ2n) is 9.05. The fraction of sp³-hybridized carbons (Fsp3) is 0.950. The van der Waals surface area contributed by atoms with Crippen molar-refractivity contribution in [2.75, 3.05) is 13.2 Å². The number of aliphatic hydroxyl groups excluding tert-OH is 9. The van der Waals surface area contributed by atoms with E-state index in [9.17, 15) is 50.8 Å². The van der Waals surface area contributed by atoms with Crippen molar-refractivity contribution in [3.8, 4) is 0 Å². The first-order chi connectivity index (χ1) is 16.9. The average Bonchev–Trinajstić information content (AvgIpc) is 2.83. The van der Waals surface area contributed by atoms with E-state index in [2.05, 4.69) is 5.32 Å². The van der Waals surface area contributed by atoms with Crippen molar-refractivity contribution >= 4 is 5.91 Å². The van der Waals surface area contributed by atoms with Gasteiger partial charge in [-0.2, -0.15) is 0 Å². The number of hydrogen-bond acceptors (Lipinski definition) is 15. The molecule has 0 saturated carbocycles. The van der Waals surface area contributed by atoms with Gasteiger partial charge in [0.05, 0.1) is 19.3 Å². The van der Waals surface area contributed by atoms with E-state index in [4.69, 9.17) is 23.7 Å². The fourth-order valence-corrected chi connectivity index (χ4v) is 4.38. The van der Waals surface area contributed by atoms with Crippen LogP contribution in [0.25, 0.3) is 0 Å². The lowest BCUT2D eigenvalue weighted by Gasteiger charge is -2.48. The Kier molecular flexibility index (Phi) is 9.97. The van der Waals surface area contributed by atoms with E-state index in [1.807, 2.05) is 0 Å². The van der Waals surface area contributed by atoms with Gasteiger partial charge in [0.25, 0.3) is 0 Å². The molecule has 0 aromatic rings. The molecular weight excluding hydrogens is 494 g/mol. The Labute approximate surface area is 205 Å². The Balaban J connectivity index is 1.89. The zero-order valence-electron chi connectivity index (χ0n) is 19.5. The minimum atomic E-state index is -1.84. The summed E-state index contributed by atoms with van der Waals surface area (Å²) in [7, 11) is 0. The number of carbonyl (C=O) groups is 1. The van der Waals surface area contributed by atoms with Gasteiger partial charge in [0.1, 0.15) is 67.1 Å². The van der Waals surface area contributed by atoms with Crippen molar-refractivity contribution in [2.45, 2.75) is 106 Å². The molecule has 3 rings (SSSR count). The van der Waals surface area contributed by atoms with Crippen LogP contribution in [0.3, 0.4) is 0 Å². The molecule has 0 radical (unpaired) electrons. The van der Waals surface area contributed by atoms with Gasteiger partial charge in [-0.15, -0.1) is 0 Å². The summed E-state index contributed by atoms with van der Waals surface area (Å²) >= 11 is 0. The van der Waals surface area contributed by atoms with E-state index < -0.39 is 111 Å². The lowest BCUT2D eigenvalue weighted by atomic mass is 9.95. The smallest absolute Gasteiger partial charge is 0.217 e. The van der Waals surface area contributed by atoms with Gasteiger partial charge in [0.15, 0.2) is 18.9 Å². The number of nitrogens with one attached hydrogen (secondary N) is 1. The van der Waals surface area contributed by atoms with E-state index in [0.717, 1.165) is 6.92 Å². The molecule has 0 aromatic heterocycles. The third kappa shape index (κ3) is 5.97. The maximum Gasteiger partial charge on any atom is 0.217 e. The predicted octanol–water partition coefficient (Wildman–Crippen LogP) is -6.40. The van der Waals surface area contributed by atoms with Crippen LogP contribution in [0.1, 0.15) is 13.8 Å². The third-order valence-electron chi connectivity index (χ3n) is 6.46. The van der Waals surface area contributed by atoms with Crippen molar-refractivity contribution < 1.29 is 74.4 Å². The van der Waals surface area contributed by atoms with Gasteiger partial charge in [0.2, 0.25) is 5.91 Å². The van der Waals surface area contributed by atoms with E-state index in [-0.39, 0.29) is 0 Å². The van der Waals surface area contributed by atoms with Gasteiger partial charge in [-0.1, -0.05) is 0 Å². The first-order valence-electron chi connectivity index (χ1n) is 11.4. The molecule has 210 valence electrons. The zero-order chi connectivity index (χ0) is 26.9. The molecule has 16 nitrogen and oxygen atoms in total. The summed E-state index contributed by atoms with van der Waals surface area (Å²) in [5.41, 5.74) is 0. The molecule has 3 saturated heterocycles. The molecule has 0 unspecified atom stereocenters. The summed E-state index contributed by atoms with van der Waals surface area (Å²) < 4.78 is 27.4. The van der Waals surface area contributed by atoms with Crippen LogP contribution >= 0.6 is 0 Å². The Morgan fingerprint density at radius 1 is 0.722 bits per heavy atom. The van der Waals surface area contributed by atoms with Crippen LogP contribution in [-0.4, -0.2) is 157 Å². The molecule has 3 aliphatic heterocycles. The summed E-state index contributed by atoms with van der Waals surface area (Å²) in [4.78, 5) is 11.7. The number of rotatable bonds is 7. The van der Waals surface area contributed by atoms with Crippen molar-refractivity contribution in [1.82, 2.24) is 5.32 Å². The predicted molar refractivity (Wildman–Crippen MR) is 111 cm³/mol. The molecule has 0 bridgehead atoms. The Morgan fingerprint density at radius 3 is 1.81 bits per heavy atom. The maximum atomic E-state index is 11.7. The highest BCUT2D eigenvalue weighted by Crippen LogP contribution is 2.32. The van der Waals surface area contributed by atoms with Crippen LogP contribution < -0.4 is 5.32 Å². The molecule has 36 heavy (non-hydrogen) atoms. The van der Waals surface area contributed by atoms with Crippen LogP contribution in [0.2, 0.25) is 0 Å². The van der Waals surface area contributed by atoms with Crippen molar-refractivity contribution in [3.05, 3.63) is 0 Å². The second kappa shape index (κ2) is 12.2. The van der Waals surface area contributed by atoms with Crippen molar-refractivity contribution in [2.24, 2.45) is 0 Å². The minimum absolute atomic E-state index is 0.643. The molecular formula is C20H35NO15. The minimum Gasteiger partial charge on any atom is -0.394 e. The van der Waals surface area contributed by atoms with Gasteiger partial charge in [-0.25, -0.2) is 0 Å². The van der Waals surface area contributed by atoms with Crippen LogP contribution in [0.4, 0.5) is 0 Å². The Morgan fingerprint density at radius 2 is 1.25 bits per heavy atom. The van der Waals surface area contributed by atoms with Gasteiger partial charge in [-0.05, 0) is 6.92 Å². The monoisotopic (exact) mass is 529 g/mol. The summed E-state index contributed by atoms with van der Waals surface area (Å²) in [6.45, 7) is 1.000. The number of carbonyl (C=O) groups excluding carboxylic acids is 1. The highest BCUT2D eigenvalue weighted by molar-refractivity contribution is 5.73. The summed E-state index contributed by atoms with van der Waals surface area (Å²) in [5, 5.41) is 93.9. The zero-order valence-corrected chi connectivity index (χ0v) is 19.5. The molecule has 0 aliphatic carbocycles. The second-order valence-corrected chi connectivity index (χ2v) is 9.05. The summed E-state index contributed by atoms with van der Waals surface area (Å²) in [6.07, 6.45) is -22.2. The SMILES string of the molecule is CC(=O)N[C@H]1[C@H](O[C@H]2[C@@H](O[C@@H]3[C@@H](O)[C@H](C)O[C@@H](O)[C@@H]3O)O[C@H](CO)[C@@H](O)[C@@H]2O)O[C@H](CO)[C@@H](O)[C@@H]1O. The van der Waals surface area contributed by atoms with Crippen molar-refractivity contribution in [3.63, 3.8) is 0 Å². The Bertz CT molecular complexity index is 717. The molecule has 10 N–H and O–H groups in total. The highest BCUT2D eigenvalue weighted by atomic mass is 16.8. The van der Waals surface area contributed by atoms with Crippen LogP contribution in [-0.2, 0) is 28.5 Å². The highest BCUT2D eigenvalue weighted by Gasteiger charge is 2.53. The van der Waals surface area contributed by atoms with Crippen LogP contribution in [0.15, 0.2) is 0 Å². The normalized spacial score (nSPS) is 50.0. The number of hydrogen-bond donors (Lipinski definition) is 10. The van der Waals surface area contributed by atoms with Crippen LogP contribution in [0, 0.1) is 0 Å². The van der Waals surface area contributed by atoms with Gasteiger partial charge >= 0.3 is 0 Å². The molecule has 0 aromatic carbocycles. The first kappa shape index (κ1) is 29.5. The fourth-order valence-electron chi connectivity index (χ4n) is 4.38. The topological polar surface area (TPSA) is 257 Å². The molecule has 3 aliphatic rings. The Hall–Kier alpha value is -1.09. The average molecular weight is 529 g/mol. The quantitative estimate of drug-likeness (QED) is 0.147.